The molecule has 1 N–H and O–H groups in total. The molecule has 3 aromatic rings. The number of aliphatic hydroxyl groups excluding tert-OH is 1. The zero-order chi connectivity index (χ0) is 18.6. The lowest BCUT2D eigenvalue weighted by molar-refractivity contribution is 0.240. The van der Waals surface area contributed by atoms with E-state index in [4.69, 9.17) is 14.5 Å². The third-order valence-electron chi connectivity index (χ3n) is 4.82. The van der Waals surface area contributed by atoms with Gasteiger partial charge in [0.25, 0.3) is 0 Å². The molecule has 140 valence electrons. The average molecular weight is 365 g/mol. The van der Waals surface area contributed by atoms with E-state index < -0.39 is 0 Å². The van der Waals surface area contributed by atoms with E-state index in [1.54, 1.807) is 7.11 Å². The van der Waals surface area contributed by atoms with Crippen molar-refractivity contribution in [3.63, 3.8) is 0 Å². The summed E-state index contributed by atoms with van der Waals surface area (Å²) >= 11 is 0. The topological polar surface area (TPSA) is 69.4 Å². The predicted octanol–water partition coefficient (Wildman–Crippen LogP) is 2.59. The highest BCUT2D eigenvalue weighted by atomic mass is 16.5. The number of nitrogens with zero attached hydrogens (tertiary/aromatic N) is 3. The number of methoxy groups -OCH3 is 1. The fourth-order valence-electron chi connectivity index (χ4n) is 3.46. The van der Waals surface area contributed by atoms with Crippen LogP contribution < -0.4 is 9.47 Å². The van der Waals surface area contributed by atoms with Crippen molar-refractivity contribution in [3.05, 3.63) is 71.3 Å². The number of benzene rings is 2. The van der Waals surface area contributed by atoms with Crippen molar-refractivity contribution in [2.24, 2.45) is 0 Å². The minimum Gasteiger partial charge on any atom is -0.497 e. The van der Waals surface area contributed by atoms with Crippen LogP contribution >= 0.6 is 0 Å². The van der Waals surface area contributed by atoms with E-state index in [0.717, 1.165) is 35.1 Å². The van der Waals surface area contributed by atoms with Gasteiger partial charge in [-0.25, -0.2) is 9.67 Å². The fourth-order valence-corrected chi connectivity index (χ4v) is 3.46. The van der Waals surface area contributed by atoms with Crippen LogP contribution in [0.4, 0.5) is 0 Å². The summed E-state index contributed by atoms with van der Waals surface area (Å²) < 4.78 is 12.9. The summed E-state index contributed by atoms with van der Waals surface area (Å²) in [6.45, 7) is 1.04. The normalized spacial score (nSPS) is 15.9. The van der Waals surface area contributed by atoms with Gasteiger partial charge in [-0.2, -0.15) is 5.10 Å². The van der Waals surface area contributed by atoms with Crippen molar-refractivity contribution in [2.75, 3.05) is 20.3 Å². The predicted molar refractivity (Wildman–Crippen MR) is 101 cm³/mol. The maximum Gasteiger partial charge on any atom is 0.155 e. The SMILES string of the molecule is COc1ccc(Cc2nc([C@@H]3COc4ccccc4C3)n(CCO)n2)cc1. The first-order chi connectivity index (χ1) is 13.3. The number of ether oxygens (including phenoxy) is 2. The van der Waals surface area contributed by atoms with Crippen molar-refractivity contribution in [1.29, 1.82) is 0 Å². The molecule has 0 fully saturated rings. The van der Waals surface area contributed by atoms with E-state index in [1.165, 1.54) is 5.56 Å². The van der Waals surface area contributed by atoms with Gasteiger partial charge in [-0.3, -0.25) is 0 Å². The van der Waals surface area contributed by atoms with Gasteiger partial charge >= 0.3 is 0 Å². The maximum atomic E-state index is 9.42. The highest BCUT2D eigenvalue weighted by Gasteiger charge is 2.26. The lowest BCUT2D eigenvalue weighted by Gasteiger charge is -2.24. The minimum atomic E-state index is 0.0303. The number of aromatic nitrogens is 3. The van der Waals surface area contributed by atoms with Crippen LogP contribution in [0, 0.1) is 0 Å². The molecule has 27 heavy (non-hydrogen) atoms. The Morgan fingerprint density at radius 1 is 1.19 bits per heavy atom. The first-order valence-corrected chi connectivity index (χ1v) is 9.15. The molecule has 6 heteroatoms. The van der Waals surface area contributed by atoms with Crippen molar-refractivity contribution >= 4 is 0 Å². The molecule has 2 heterocycles. The molecule has 0 saturated carbocycles. The first kappa shape index (κ1) is 17.5. The lowest BCUT2D eigenvalue weighted by Crippen LogP contribution is -2.23. The fraction of sp³-hybridized carbons (Fsp3) is 0.333. The number of rotatable bonds is 6. The molecule has 1 atom stereocenters. The molecule has 0 amide bonds. The van der Waals surface area contributed by atoms with Crippen molar-refractivity contribution in [1.82, 2.24) is 14.8 Å². The monoisotopic (exact) mass is 365 g/mol. The van der Waals surface area contributed by atoms with E-state index in [-0.39, 0.29) is 12.5 Å². The second-order valence-corrected chi connectivity index (χ2v) is 6.68. The van der Waals surface area contributed by atoms with E-state index in [2.05, 4.69) is 11.2 Å². The van der Waals surface area contributed by atoms with Gasteiger partial charge in [-0.05, 0) is 35.7 Å². The summed E-state index contributed by atoms with van der Waals surface area (Å²) in [5, 5.41) is 14.1. The molecule has 1 aliphatic heterocycles. The Morgan fingerprint density at radius 3 is 2.78 bits per heavy atom. The Morgan fingerprint density at radius 2 is 2.00 bits per heavy atom. The molecule has 0 bridgehead atoms. The molecular weight excluding hydrogens is 342 g/mol. The molecule has 6 nitrogen and oxygen atoms in total. The number of para-hydroxylation sites is 1. The number of fused-ring (bicyclic) bond motifs is 1. The van der Waals surface area contributed by atoms with Crippen LogP contribution in [-0.4, -0.2) is 40.2 Å². The van der Waals surface area contributed by atoms with Crippen LogP contribution in [0.3, 0.4) is 0 Å². The van der Waals surface area contributed by atoms with Gasteiger partial charge in [0.1, 0.15) is 17.3 Å². The van der Waals surface area contributed by atoms with Gasteiger partial charge in [-0.15, -0.1) is 0 Å². The van der Waals surface area contributed by atoms with Gasteiger partial charge < -0.3 is 14.6 Å². The Balaban J connectivity index is 1.57. The Hall–Kier alpha value is -2.86. The molecule has 4 rings (SSSR count). The molecule has 0 saturated heterocycles. The van der Waals surface area contributed by atoms with Crippen LogP contribution in [0.2, 0.25) is 0 Å². The standard InChI is InChI=1S/C21H23N3O3/c1-26-18-8-6-15(7-9-18)12-20-22-21(24(23-20)10-11-25)17-13-16-4-2-3-5-19(16)27-14-17/h2-9,17,25H,10-14H2,1H3/t17-/m0/s1. The Labute approximate surface area is 158 Å². The van der Waals surface area contributed by atoms with Crippen molar-refractivity contribution in [3.8, 4) is 11.5 Å². The van der Waals surface area contributed by atoms with E-state index in [9.17, 15) is 5.11 Å². The van der Waals surface area contributed by atoms with Gasteiger partial charge in [0.15, 0.2) is 5.82 Å². The quantitative estimate of drug-likeness (QED) is 0.727. The highest BCUT2D eigenvalue weighted by molar-refractivity contribution is 5.36. The van der Waals surface area contributed by atoms with E-state index in [0.29, 0.717) is 19.6 Å². The van der Waals surface area contributed by atoms with E-state index >= 15 is 0 Å². The molecule has 0 spiro atoms. The summed E-state index contributed by atoms with van der Waals surface area (Å²) in [6, 6.07) is 16.0. The minimum absolute atomic E-state index is 0.0303. The first-order valence-electron chi connectivity index (χ1n) is 9.15. The second-order valence-electron chi connectivity index (χ2n) is 6.68. The van der Waals surface area contributed by atoms with Crippen molar-refractivity contribution < 1.29 is 14.6 Å². The highest BCUT2D eigenvalue weighted by Crippen LogP contribution is 2.31. The van der Waals surface area contributed by atoms with Crippen LogP contribution in [0.5, 0.6) is 11.5 Å². The summed E-state index contributed by atoms with van der Waals surface area (Å²) in [5.74, 6) is 3.53. The molecule has 1 aromatic heterocycles. The Kier molecular flexibility index (Phi) is 5.07. The summed E-state index contributed by atoms with van der Waals surface area (Å²) in [5.41, 5.74) is 2.30. The third kappa shape index (κ3) is 3.80. The lowest BCUT2D eigenvalue weighted by atomic mass is 9.96. The van der Waals surface area contributed by atoms with Gasteiger partial charge in [0.05, 0.1) is 32.8 Å². The summed E-state index contributed by atoms with van der Waals surface area (Å²) in [7, 11) is 1.66. The maximum absolute atomic E-state index is 9.42. The average Bonchev–Trinajstić information content (AvgIpc) is 3.11. The summed E-state index contributed by atoms with van der Waals surface area (Å²) in [4.78, 5) is 4.79. The molecule has 1 aliphatic rings. The van der Waals surface area contributed by atoms with Crippen molar-refractivity contribution in [2.45, 2.75) is 25.3 Å². The van der Waals surface area contributed by atoms with Crippen LogP contribution in [-0.2, 0) is 19.4 Å². The van der Waals surface area contributed by atoms with Gasteiger partial charge in [0.2, 0.25) is 0 Å². The number of aliphatic hydroxyl groups is 1. The number of hydrogen-bond acceptors (Lipinski definition) is 5. The zero-order valence-corrected chi connectivity index (χ0v) is 15.3. The Bertz CT molecular complexity index is 905. The summed E-state index contributed by atoms with van der Waals surface area (Å²) in [6.07, 6.45) is 1.50. The smallest absolute Gasteiger partial charge is 0.155 e. The zero-order valence-electron chi connectivity index (χ0n) is 15.3. The van der Waals surface area contributed by atoms with Crippen LogP contribution in [0.25, 0.3) is 0 Å². The third-order valence-corrected chi connectivity index (χ3v) is 4.82. The molecule has 2 aromatic carbocycles. The molecule has 0 radical (unpaired) electrons. The van der Waals surface area contributed by atoms with Crippen LogP contribution in [0.1, 0.15) is 28.7 Å². The molecule has 0 aliphatic carbocycles. The second kappa shape index (κ2) is 7.80. The van der Waals surface area contributed by atoms with Crippen LogP contribution in [0.15, 0.2) is 48.5 Å². The number of hydrogen-bond donors (Lipinski definition) is 1. The largest absolute Gasteiger partial charge is 0.497 e. The van der Waals surface area contributed by atoms with Gasteiger partial charge in [0, 0.05) is 6.42 Å². The van der Waals surface area contributed by atoms with Gasteiger partial charge in [-0.1, -0.05) is 30.3 Å². The molecular formula is C21H23N3O3. The molecule has 0 unspecified atom stereocenters. The van der Waals surface area contributed by atoms with E-state index in [1.807, 2.05) is 47.1 Å².